The van der Waals surface area contributed by atoms with E-state index >= 15 is 0 Å². The molecule has 2 aliphatic rings. The van der Waals surface area contributed by atoms with E-state index in [-0.39, 0.29) is 5.54 Å². The molecule has 2 fully saturated rings. The molecule has 4 heteroatoms. The van der Waals surface area contributed by atoms with Gasteiger partial charge < -0.3 is 15.5 Å². The van der Waals surface area contributed by atoms with Gasteiger partial charge in [0.2, 0.25) is 0 Å². The van der Waals surface area contributed by atoms with E-state index in [0.717, 1.165) is 30.4 Å². The Hall–Kier alpha value is -1.39. The summed E-state index contributed by atoms with van der Waals surface area (Å²) in [6, 6.07) is 6.90. The fourth-order valence-corrected chi connectivity index (χ4v) is 6.63. The van der Waals surface area contributed by atoms with Crippen LogP contribution in [0.15, 0.2) is 30.6 Å². The van der Waals surface area contributed by atoms with Crippen molar-refractivity contribution in [1.82, 2.24) is 14.7 Å². The summed E-state index contributed by atoms with van der Waals surface area (Å²) in [6.07, 6.45) is 25.7. The second-order valence-corrected chi connectivity index (χ2v) is 11.5. The summed E-state index contributed by atoms with van der Waals surface area (Å²) in [5.74, 6) is 1.74. The summed E-state index contributed by atoms with van der Waals surface area (Å²) >= 11 is 0. The van der Waals surface area contributed by atoms with Crippen molar-refractivity contribution >= 4 is 5.65 Å². The van der Waals surface area contributed by atoms with E-state index in [1.54, 1.807) is 0 Å². The molecule has 33 heavy (non-hydrogen) atoms. The van der Waals surface area contributed by atoms with Crippen molar-refractivity contribution in [2.75, 3.05) is 6.54 Å². The third kappa shape index (κ3) is 7.55. The van der Waals surface area contributed by atoms with E-state index in [9.17, 15) is 0 Å². The highest BCUT2D eigenvalue weighted by atomic mass is 15.0. The number of hydrogen-bond acceptors (Lipinski definition) is 3. The van der Waals surface area contributed by atoms with Gasteiger partial charge in [-0.2, -0.15) is 0 Å². The monoisotopic (exact) mass is 452 g/mol. The van der Waals surface area contributed by atoms with E-state index in [4.69, 9.17) is 5.73 Å². The van der Waals surface area contributed by atoms with Crippen LogP contribution in [0, 0.1) is 11.8 Å². The largest absolute Gasteiger partial charge is 0.325 e. The molecule has 4 rings (SSSR count). The number of nitrogens with one attached hydrogen (secondary N) is 1. The number of pyridine rings is 1. The SMILES string of the molecule is CC1(N)CCCCCCCC(C2CCCCC(NCCc3cnc4ccccn34)CCC2)C1. The molecule has 2 aromatic heterocycles. The maximum atomic E-state index is 6.80. The summed E-state index contributed by atoms with van der Waals surface area (Å²) in [7, 11) is 0. The summed E-state index contributed by atoms with van der Waals surface area (Å²) in [5, 5.41) is 3.90. The van der Waals surface area contributed by atoms with Crippen molar-refractivity contribution in [3.8, 4) is 0 Å². The number of fused-ring (bicyclic) bond motifs is 1. The zero-order valence-electron chi connectivity index (χ0n) is 21.1. The van der Waals surface area contributed by atoms with Gasteiger partial charge in [-0.15, -0.1) is 0 Å². The molecule has 0 amide bonds. The molecule has 4 nitrogen and oxygen atoms in total. The lowest BCUT2D eigenvalue weighted by molar-refractivity contribution is 0.193. The number of hydrogen-bond donors (Lipinski definition) is 2. The molecule has 4 atom stereocenters. The normalized spacial score (nSPS) is 30.9. The lowest BCUT2D eigenvalue weighted by Gasteiger charge is -2.35. The topological polar surface area (TPSA) is 55.3 Å². The minimum atomic E-state index is 0.0440. The zero-order chi connectivity index (χ0) is 22.9. The van der Waals surface area contributed by atoms with Gasteiger partial charge in [0.1, 0.15) is 5.65 Å². The molecule has 2 aliphatic carbocycles. The summed E-state index contributed by atoms with van der Waals surface area (Å²) in [6.45, 7) is 3.38. The highest BCUT2D eigenvalue weighted by Gasteiger charge is 2.29. The van der Waals surface area contributed by atoms with Crippen molar-refractivity contribution in [2.24, 2.45) is 17.6 Å². The van der Waals surface area contributed by atoms with Crippen LogP contribution < -0.4 is 11.1 Å². The van der Waals surface area contributed by atoms with Crippen LogP contribution >= 0.6 is 0 Å². The highest BCUT2D eigenvalue weighted by Crippen LogP contribution is 2.37. The van der Waals surface area contributed by atoms with Gasteiger partial charge in [-0.25, -0.2) is 4.98 Å². The fraction of sp³-hybridized carbons (Fsp3) is 0.759. The van der Waals surface area contributed by atoms with Crippen LogP contribution in [0.3, 0.4) is 0 Å². The van der Waals surface area contributed by atoms with Gasteiger partial charge >= 0.3 is 0 Å². The molecule has 0 aromatic carbocycles. The van der Waals surface area contributed by atoms with Gasteiger partial charge in [-0.3, -0.25) is 0 Å². The minimum Gasteiger partial charge on any atom is -0.325 e. The number of rotatable bonds is 5. The molecule has 0 spiro atoms. The predicted octanol–water partition coefficient (Wildman–Crippen LogP) is 6.66. The summed E-state index contributed by atoms with van der Waals surface area (Å²) < 4.78 is 2.22. The predicted molar refractivity (Wildman–Crippen MR) is 140 cm³/mol. The third-order valence-electron chi connectivity index (χ3n) is 8.53. The van der Waals surface area contributed by atoms with E-state index in [1.165, 1.54) is 102 Å². The lowest BCUT2D eigenvalue weighted by atomic mass is 9.73. The van der Waals surface area contributed by atoms with Crippen LogP contribution in [0.1, 0.15) is 109 Å². The van der Waals surface area contributed by atoms with Crippen molar-refractivity contribution in [3.05, 3.63) is 36.3 Å². The second kappa shape index (κ2) is 12.4. The molecule has 2 saturated carbocycles. The van der Waals surface area contributed by atoms with Crippen molar-refractivity contribution in [1.29, 1.82) is 0 Å². The van der Waals surface area contributed by atoms with Gasteiger partial charge in [0.25, 0.3) is 0 Å². The quantitative estimate of drug-likeness (QED) is 0.533. The van der Waals surface area contributed by atoms with Crippen molar-refractivity contribution in [2.45, 2.75) is 121 Å². The van der Waals surface area contributed by atoms with Gasteiger partial charge in [0.15, 0.2) is 0 Å². The van der Waals surface area contributed by atoms with Crippen LogP contribution in [0.2, 0.25) is 0 Å². The van der Waals surface area contributed by atoms with Gasteiger partial charge in [-0.05, 0) is 56.6 Å². The molecule has 2 heterocycles. The fourth-order valence-electron chi connectivity index (χ4n) is 6.63. The van der Waals surface area contributed by atoms with E-state index in [1.807, 2.05) is 6.20 Å². The molecular weight excluding hydrogens is 404 g/mol. The molecule has 184 valence electrons. The van der Waals surface area contributed by atoms with Crippen LogP contribution in [-0.4, -0.2) is 27.5 Å². The third-order valence-corrected chi connectivity index (χ3v) is 8.53. The average molecular weight is 453 g/mol. The number of nitrogens with zero attached hydrogens (tertiary/aromatic N) is 2. The first-order chi connectivity index (χ1) is 16.1. The second-order valence-electron chi connectivity index (χ2n) is 11.5. The first-order valence-electron chi connectivity index (χ1n) is 14.0. The number of imidazole rings is 1. The van der Waals surface area contributed by atoms with Crippen LogP contribution in [0.4, 0.5) is 0 Å². The molecule has 0 radical (unpaired) electrons. The zero-order valence-corrected chi connectivity index (χ0v) is 21.1. The van der Waals surface area contributed by atoms with Crippen molar-refractivity contribution < 1.29 is 0 Å². The van der Waals surface area contributed by atoms with Crippen LogP contribution in [-0.2, 0) is 6.42 Å². The molecule has 2 aromatic rings. The van der Waals surface area contributed by atoms with Gasteiger partial charge in [0.05, 0.1) is 0 Å². The number of nitrogens with two attached hydrogens (primary N) is 1. The maximum absolute atomic E-state index is 6.80. The van der Waals surface area contributed by atoms with Gasteiger partial charge in [0, 0.05) is 42.6 Å². The first kappa shape index (κ1) is 24.7. The Morgan fingerprint density at radius 2 is 1.67 bits per heavy atom. The maximum Gasteiger partial charge on any atom is 0.136 e. The molecule has 4 unspecified atom stereocenters. The Labute approximate surface area is 202 Å². The number of aromatic nitrogens is 2. The Kier molecular flexibility index (Phi) is 9.26. The smallest absolute Gasteiger partial charge is 0.136 e. The van der Waals surface area contributed by atoms with E-state index in [2.05, 4.69) is 46.0 Å². The standard InChI is InChI=1S/C29H48N4/c1-29(30)19-9-4-2-3-5-13-25(22-29)24-12-6-7-15-26(16-11-14-24)31-20-18-27-23-32-28-17-8-10-21-33(27)28/h8,10,17,21,23-26,31H,2-7,9,11-16,18-20,22,30H2,1H3. The Morgan fingerprint density at radius 1 is 0.939 bits per heavy atom. The summed E-state index contributed by atoms with van der Waals surface area (Å²) in [5.41, 5.74) is 9.20. The Balaban J connectivity index is 1.26. The van der Waals surface area contributed by atoms with E-state index < -0.39 is 0 Å². The molecule has 0 saturated heterocycles. The van der Waals surface area contributed by atoms with Crippen LogP contribution in [0.5, 0.6) is 0 Å². The minimum absolute atomic E-state index is 0.0440. The molecule has 0 bridgehead atoms. The molecule has 3 N–H and O–H groups in total. The summed E-state index contributed by atoms with van der Waals surface area (Å²) in [4.78, 5) is 4.54. The van der Waals surface area contributed by atoms with Crippen molar-refractivity contribution in [3.63, 3.8) is 0 Å². The average Bonchev–Trinajstić information content (AvgIpc) is 3.25. The lowest BCUT2D eigenvalue weighted by Crippen LogP contribution is -2.40. The first-order valence-corrected chi connectivity index (χ1v) is 14.0. The van der Waals surface area contributed by atoms with Gasteiger partial charge in [-0.1, -0.05) is 76.7 Å². The van der Waals surface area contributed by atoms with Crippen LogP contribution in [0.25, 0.3) is 5.65 Å². The Bertz CT molecular complexity index is 826. The highest BCUT2D eigenvalue weighted by molar-refractivity contribution is 5.39. The van der Waals surface area contributed by atoms with E-state index in [0.29, 0.717) is 6.04 Å². The molecular formula is C29H48N4. The Morgan fingerprint density at radius 3 is 2.61 bits per heavy atom. The molecule has 0 aliphatic heterocycles.